The number of hydrogen-bond acceptors (Lipinski definition) is 5. The van der Waals surface area contributed by atoms with Gasteiger partial charge in [0.15, 0.2) is 0 Å². The van der Waals surface area contributed by atoms with Crippen molar-refractivity contribution in [3.63, 3.8) is 0 Å². The van der Waals surface area contributed by atoms with E-state index in [1.165, 1.54) is 11.0 Å². The Morgan fingerprint density at radius 1 is 1.07 bits per heavy atom. The molecular weight excluding hydrogens is 368 g/mol. The number of pyridine rings is 1. The Bertz CT molecular complexity index is 1000. The molecule has 0 spiro atoms. The van der Waals surface area contributed by atoms with Crippen molar-refractivity contribution in [2.75, 3.05) is 7.05 Å². The minimum atomic E-state index is -0.710. The number of esters is 1. The minimum Gasteiger partial charge on any atom is -0.506 e. The van der Waals surface area contributed by atoms with Crippen molar-refractivity contribution in [2.45, 2.75) is 32.4 Å². The molecule has 29 heavy (non-hydrogen) atoms. The van der Waals surface area contributed by atoms with Gasteiger partial charge in [0.25, 0.3) is 5.91 Å². The highest BCUT2D eigenvalue weighted by molar-refractivity contribution is 5.97. The zero-order valence-corrected chi connectivity index (χ0v) is 16.5. The fraction of sp³-hybridized carbons (Fsp3) is 0.261. The fourth-order valence-corrected chi connectivity index (χ4v) is 3.14. The van der Waals surface area contributed by atoms with Crippen molar-refractivity contribution in [1.29, 1.82) is 0 Å². The summed E-state index contributed by atoms with van der Waals surface area (Å²) in [6.07, 6.45) is 1.20. The van der Waals surface area contributed by atoms with Gasteiger partial charge in [-0.1, -0.05) is 61.9 Å². The number of ether oxygens (including phenoxy) is 1. The molecular formula is C23H24N2O4. The summed E-state index contributed by atoms with van der Waals surface area (Å²) in [5.41, 5.74) is 1.40. The van der Waals surface area contributed by atoms with Gasteiger partial charge in [-0.15, -0.1) is 0 Å². The third-order valence-corrected chi connectivity index (χ3v) is 4.76. The van der Waals surface area contributed by atoms with Crippen LogP contribution in [0.5, 0.6) is 5.75 Å². The van der Waals surface area contributed by atoms with Gasteiger partial charge in [-0.05, 0) is 24.1 Å². The molecule has 1 N–H and O–H groups in total. The maximum absolute atomic E-state index is 13.0. The third kappa shape index (κ3) is 4.71. The summed E-state index contributed by atoms with van der Waals surface area (Å²) >= 11 is 0. The number of benzene rings is 2. The van der Waals surface area contributed by atoms with Crippen molar-refractivity contribution in [3.8, 4) is 5.75 Å². The summed E-state index contributed by atoms with van der Waals surface area (Å²) in [4.78, 5) is 31.3. The number of phenolic OH excluding ortho intramolecular Hbond substituents is 1. The first-order valence-electron chi connectivity index (χ1n) is 9.57. The first-order chi connectivity index (χ1) is 14.0. The van der Waals surface area contributed by atoms with E-state index < -0.39 is 17.9 Å². The highest BCUT2D eigenvalue weighted by atomic mass is 16.5. The van der Waals surface area contributed by atoms with E-state index in [1.807, 2.05) is 37.3 Å². The average molecular weight is 392 g/mol. The molecule has 0 aliphatic carbocycles. The molecule has 0 saturated heterocycles. The van der Waals surface area contributed by atoms with Crippen LogP contribution in [0.1, 0.15) is 35.8 Å². The molecule has 6 nitrogen and oxygen atoms in total. The highest BCUT2D eigenvalue weighted by Crippen LogP contribution is 2.23. The van der Waals surface area contributed by atoms with E-state index >= 15 is 0 Å². The SMILES string of the molecule is CCC[C@@H](C(=O)OCc1ccccc1)N(C)C(=O)c1ccc2cccc(O)c2n1. The molecule has 150 valence electrons. The Balaban J connectivity index is 1.77. The number of para-hydroxylation sites is 1. The number of aromatic hydroxyl groups is 1. The molecule has 0 aliphatic rings. The molecule has 0 aliphatic heterocycles. The molecule has 0 bridgehead atoms. The van der Waals surface area contributed by atoms with Crippen LogP contribution in [0.3, 0.4) is 0 Å². The lowest BCUT2D eigenvalue weighted by Gasteiger charge is -2.26. The Kier molecular flexibility index (Phi) is 6.44. The predicted molar refractivity (Wildman–Crippen MR) is 110 cm³/mol. The average Bonchev–Trinajstić information content (AvgIpc) is 2.75. The van der Waals surface area contributed by atoms with Crippen molar-refractivity contribution >= 4 is 22.8 Å². The largest absolute Gasteiger partial charge is 0.506 e. The van der Waals surface area contributed by atoms with Crippen LogP contribution in [0, 0.1) is 0 Å². The van der Waals surface area contributed by atoms with Gasteiger partial charge in [-0.2, -0.15) is 0 Å². The number of nitrogens with zero attached hydrogens (tertiary/aromatic N) is 2. The molecule has 2 aromatic carbocycles. The first kappa shape index (κ1) is 20.3. The number of carbonyl (C=O) groups excluding carboxylic acids is 2. The quantitative estimate of drug-likeness (QED) is 0.617. The number of hydrogen-bond donors (Lipinski definition) is 1. The van der Waals surface area contributed by atoms with Crippen LogP contribution in [0.15, 0.2) is 60.7 Å². The summed E-state index contributed by atoms with van der Waals surface area (Å²) in [5, 5.41) is 10.7. The van der Waals surface area contributed by atoms with Gasteiger partial charge in [0.1, 0.15) is 29.6 Å². The van der Waals surface area contributed by atoms with Crippen molar-refractivity contribution in [3.05, 3.63) is 71.9 Å². The fourth-order valence-electron chi connectivity index (χ4n) is 3.14. The van der Waals surface area contributed by atoms with Crippen LogP contribution in [0.2, 0.25) is 0 Å². The molecule has 0 unspecified atom stereocenters. The van der Waals surface area contributed by atoms with Crippen LogP contribution in [0.4, 0.5) is 0 Å². The highest BCUT2D eigenvalue weighted by Gasteiger charge is 2.29. The zero-order valence-electron chi connectivity index (χ0n) is 16.5. The maximum atomic E-state index is 13.0. The standard InChI is InChI=1S/C23H24N2O4/c1-3-8-19(23(28)29-15-16-9-5-4-6-10-16)25(2)22(27)18-14-13-17-11-7-12-20(26)21(17)24-18/h4-7,9-14,19,26H,3,8,15H2,1-2H3/t19-/m0/s1. The van der Waals surface area contributed by atoms with Gasteiger partial charge >= 0.3 is 5.97 Å². The van der Waals surface area contributed by atoms with Gasteiger partial charge in [-0.25, -0.2) is 9.78 Å². The van der Waals surface area contributed by atoms with Crippen LogP contribution < -0.4 is 0 Å². The number of rotatable bonds is 7. The molecule has 0 saturated carbocycles. The van der Waals surface area contributed by atoms with E-state index in [9.17, 15) is 14.7 Å². The number of carbonyl (C=O) groups is 2. The van der Waals surface area contributed by atoms with Crippen LogP contribution in [-0.2, 0) is 16.1 Å². The zero-order chi connectivity index (χ0) is 20.8. The van der Waals surface area contributed by atoms with E-state index in [1.54, 1.807) is 31.3 Å². The Morgan fingerprint density at radius 2 is 1.83 bits per heavy atom. The van der Waals surface area contributed by atoms with Gasteiger partial charge in [0.2, 0.25) is 0 Å². The summed E-state index contributed by atoms with van der Waals surface area (Å²) in [5.74, 6) is -0.840. The van der Waals surface area contributed by atoms with Gasteiger partial charge in [0.05, 0.1) is 0 Å². The lowest BCUT2D eigenvalue weighted by Crippen LogP contribution is -2.43. The number of fused-ring (bicyclic) bond motifs is 1. The van der Waals surface area contributed by atoms with Crippen LogP contribution >= 0.6 is 0 Å². The molecule has 1 amide bonds. The molecule has 0 fully saturated rings. The number of phenols is 1. The van der Waals surface area contributed by atoms with E-state index in [0.717, 1.165) is 10.9 Å². The minimum absolute atomic E-state index is 0.00665. The van der Waals surface area contributed by atoms with E-state index in [-0.39, 0.29) is 18.1 Å². The van der Waals surface area contributed by atoms with E-state index in [0.29, 0.717) is 18.4 Å². The number of amides is 1. The second-order valence-electron chi connectivity index (χ2n) is 6.86. The van der Waals surface area contributed by atoms with E-state index in [4.69, 9.17) is 4.74 Å². The number of likely N-dealkylation sites (N-methyl/N-ethyl adjacent to an activating group) is 1. The topological polar surface area (TPSA) is 79.7 Å². The lowest BCUT2D eigenvalue weighted by molar-refractivity contribution is -0.150. The monoisotopic (exact) mass is 392 g/mol. The molecule has 3 aromatic rings. The maximum Gasteiger partial charge on any atom is 0.329 e. The third-order valence-electron chi connectivity index (χ3n) is 4.76. The molecule has 1 atom stereocenters. The summed E-state index contributed by atoms with van der Waals surface area (Å²) in [6.45, 7) is 2.10. The molecule has 6 heteroatoms. The van der Waals surface area contributed by atoms with E-state index in [2.05, 4.69) is 4.98 Å². The molecule has 0 radical (unpaired) electrons. The molecule has 3 rings (SSSR count). The van der Waals surface area contributed by atoms with Crippen LogP contribution in [0.25, 0.3) is 10.9 Å². The second-order valence-corrected chi connectivity index (χ2v) is 6.86. The Morgan fingerprint density at radius 3 is 2.55 bits per heavy atom. The van der Waals surface area contributed by atoms with Gasteiger partial charge < -0.3 is 14.7 Å². The molecule has 1 heterocycles. The Labute approximate surface area is 169 Å². The second kappa shape index (κ2) is 9.19. The van der Waals surface area contributed by atoms with Crippen LogP contribution in [-0.4, -0.2) is 40.0 Å². The smallest absolute Gasteiger partial charge is 0.329 e. The van der Waals surface area contributed by atoms with Gasteiger partial charge in [0, 0.05) is 12.4 Å². The Hall–Kier alpha value is -3.41. The normalized spacial score (nSPS) is 11.8. The predicted octanol–water partition coefficient (Wildman–Crippen LogP) is 3.92. The first-order valence-corrected chi connectivity index (χ1v) is 9.57. The van der Waals surface area contributed by atoms with Gasteiger partial charge in [-0.3, -0.25) is 4.79 Å². The summed E-state index contributed by atoms with van der Waals surface area (Å²) in [6, 6.07) is 17.1. The lowest BCUT2D eigenvalue weighted by atomic mass is 10.1. The van der Waals surface area contributed by atoms with Crippen molar-refractivity contribution in [2.24, 2.45) is 0 Å². The summed E-state index contributed by atoms with van der Waals surface area (Å²) < 4.78 is 5.45. The molecule has 1 aromatic heterocycles. The van der Waals surface area contributed by atoms with Crippen molar-refractivity contribution < 1.29 is 19.4 Å². The summed E-state index contributed by atoms with van der Waals surface area (Å²) in [7, 11) is 1.57. The number of aromatic nitrogens is 1. The van der Waals surface area contributed by atoms with Crippen molar-refractivity contribution in [1.82, 2.24) is 9.88 Å².